The Balaban J connectivity index is 1.49. The van der Waals surface area contributed by atoms with Gasteiger partial charge in [-0.3, -0.25) is 0 Å². The van der Waals surface area contributed by atoms with Gasteiger partial charge in [0.25, 0.3) is 0 Å². The Kier molecular flexibility index (Phi) is 3.50. The van der Waals surface area contributed by atoms with Crippen LogP contribution in [0, 0.1) is 0 Å². The summed E-state index contributed by atoms with van der Waals surface area (Å²) < 4.78 is 11.5. The number of urea groups is 1. The summed E-state index contributed by atoms with van der Waals surface area (Å²) in [5, 5.41) is 4.12. The molecule has 4 rings (SSSR count). The van der Waals surface area contributed by atoms with E-state index in [1.807, 2.05) is 42.3 Å². The summed E-state index contributed by atoms with van der Waals surface area (Å²) in [4.78, 5) is 17.6. The lowest BCUT2D eigenvalue weighted by molar-refractivity contribution is -0.136. The van der Waals surface area contributed by atoms with Gasteiger partial charge < -0.3 is 24.7 Å². The van der Waals surface area contributed by atoms with Gasteiger partial charge in [-0.05, 0) is 30.5 Å². The number of ether oxygens (including phenoxy) is 2. The van der Waals surface area contributed by atoms with E-state index in [2.05, 4.69) is 10.3 Å². The van der Waals surface area contributed by atoms with Crippen LogP contribution in [0.15, 0.2) is 30.5 Å². The van der Waals surface area contributed by atoms with Gasteiger partial charge in [0.05, 0.1) is 19.3 Å². The highest BCUT2D eigenvalue weighted by Crippen LogP contribution is 2.30. The van der Waals surface area contributed by atoms with E-state index in [9.17, 15) is 4.79 Å². The fourth-order valence-electron chi connectivity index (χ4n) is 3.51. The molecule has 23 heavy (non-hydrogen) atoms. The molecule has 2 aliphatic heterocycles. The first kappa shape index (κ1) is 14.5. The number of nitrogens with zero attached hydrogens (tertiary/aromatic N) is 1. The summed E-state index contributed by atoms with van der Waals surface area (Å²) in [5.74, 6) is 0. The smallest absolute Gasteiger partial charge is 0.322 e. The lowest BCUT2D eigenvalue weighted by atomic mass is 9.99. The molecule has 2 aromatic rings. The van der Waals surface area contributed by atoms with Crippen molar-refractivity contribution >= 4 is 22.6 Å². The van der Waals surface area contributed by atoms with Gasteiger partial charge in [-0.1, -0.05) is 6.07 Å². The Hall–Kier alpha value is -2.05. The standard InChI is InChI=1S/C17H21N3O3/c1-12-9-20(10-17(23-12)5-7-22-11-17)16(21)19-14-3-2-13-4-6-18-15(13)8-14/h2-4,6,8,12,18H,5,7,9-11H2,1H3,(H,19,21)/t12-,17-/m1/s1. The van der Waals surface area contributed by atoms with Crippen LogP contribution in [0.3, 0.4) is 0 Å². The summed E-state index contributed by atoms with van der Waals surface area (Å²) >= 11 is 0. The van der Waals surface area contributed by atoms with E-state index in [0.717, 1.165) is 23.0 Å². The Morgan fingerprint density at radius 3 is 3.17 bits per heavy atom. The maximum Gasteiger partial charge on any atom is 0.322 e. The van der Waals surface area contributed by atoms with Crippen molar-refractivity contribution < 1.29 is 14.3 Å². The predicted molar refractivity (Wildman–Crippen MR) is 87.6 cm³/mol. The number of morpholine rings is 1. The zero-order valence-corrected chi connectivity index (χ0v) is 13.2. The lowest BCUT2D eigenvalue weighted by Crippen LogP contribution is -2.57. The van der Waals surface area contributed by atoms with Crippen molar-refractivity contribution in [2.24, 2.45) is 0 Å². The van der Waals surface area contributed by atoms with Gasteiger partial charge in [-0.25, -0.2) is 4.79 Å². The number of carbonyl (C=O) groups excluding carboxylic acids is 1. The van der Waals surface area contributed by atoms with E-state index < -0.39 is 0 Å². The van der Waals surface area contributed by atoms with Crippen LogP contribution in [-0.4, -0.2) is 53.9 Å². The van der Waals surface area contributed by atoms with Crippen molar-refractivity contribution in [2.45, 2.75) is 25.0 Å². The van der Waals surface area contributed by atoms with Crippen LogP contribution in [0.2, 0.25) is 0 Å². The predicted octanol–water partition coefficient (Wildman–Crippen LogP) is 2.58. The Bertz CT molecular complexity index is 721. The van der Waals surface area contributed by atoms with Crippen molar-refractivity contribution in [1.29, 1.82) is 0 Å². The maximum atomic E-state index is 12.6. The van der Waals surface area contributed by atoms with Crippen molar-refractivity contribution in [1.82, 2.24) is 9.88 Å². The number of carbonyl (C=O) groups is 1. The second-order valence-corrected chi connectivity index (χ2v) is 6.50. The molecule has 1 aromatic heterocycles. The lowest BCUT2D eigenvalue weighted by Gasteiger charge is -2.42. The molecule has 0 bridgehead atoms. The normalized spacial score (nSPS) is 27.7. The van der Waals surface area contributed by atoms with Crippen molar-refractivity contribution in [3.8, 4) is 0 Å². The number of rotatable bonds is 1. The second-order valence-electron chi connectivity index (χ2n) is 6.50. The third-order valence-electron chi connectivity index (χ3n) is 4.57. The Morgan fingerprint density at radius 2 is 2.35 bits per heavy atom. The molecule has 1 aromatic carbocycles. The average molecular weight is 315 g/mol. The molecule has 0 unspecified atom stereocenters. The van der Waals surface area contributed by atoms with Crippen LogP contribution >= 0.6 is 0 Å². The van der Waals surface area contributed by atoms with Gasteiger partial charge in [0.15, 0.2) is 0 Å². The van der Waals surface area contributed by atoms with Crippen molar-refractivity contribution in [3.63, 3.8) is 0 Å². The molecular formula is C17H21N3O3. The van der Waals surface area contributed by atoms with Crippen LogP contribution in [0.5, 0.6) is 0 Å². The molecule has 0 radical (unpaired) electrons. The molecule has 122 valence electrons. The van der Waals surface area contributed by atoms with Crippen molar-refractivity contribution in [3.05, 3.63) is 30.5 Å². The Morgan fingerprint density at radius 1 is 1.43 bits per heavy atom. The average Bonchev–Trinajstić information content (AvgIpc) is 3.15. The number of hydrogen-bond acceptors (Lipinski definition) is 3. The first-order valence-corrected chi connectivity index (χ1v) is 8.02. The molecule has 2 N–H and O–H groups in total. The Labute approximate surface area is 134 Å². The van der Waals surface area contributed by atoms with E-state index in [0.29, 0.717) is 26.3 Å². The highest BCUT2D eigenvalue weighted by Gasteiger charge is 2.44. The largest absolute Gasteiger partial charge is 0.378 e. The molecule has 2 saturated heterocycles. The second kappa shape index (κ2) is 5.54. The molecule has 6 nitrogen and oxygen atoms in total. The van der Waals surface area contributed by atoms with E-state index in [1.165, 1.54) is 0 Å². The van der Waals surface area contributed by atoms with E-state index in [1.54, 1.807) is 0 Å². The zero-order valence-electron chi connectivity index (χ0n) is 13.2. The molecule has 2 amide bonds. The summed E-state index contributed by atoms with van der Waals surface area (Å²) in [6.45, 7) is 4.44. The molecular weight excluding hydrogens is 294 g/mol. The molecule has 0 aliphatic carbocycles. The minimum Gasteiger partial charge on any atom is -0.378 e. The molecule has 2 fully saturated rings. The number of amides is 2. The van der Waals surface area contributed by atoms with E-state index in [4.69, 9.17) is 9.47 Å². The molecule has 6 heteroatoms. The third kappa shape index (κ3) is 2.80. The molecule has 3 heterocycles. The highest BCUT2D eigenvalue weighted by atomic mass is 16.6. The number of nitrogens with one attached hydrogen (secondary N) is 2. The van der Waals surface area contributed by atoms with Crippen LogP contribution in [-0.2, 0) is 9.47 Å². The SMILES string of the molecule is C[C@@H]1CN(C(=O)Nc2ccc3cc[nH]c3c2)C[C@@]2(CCOC2)O1. The summed E-state index contributed by atoms with van der Waals surface area (Å²) in [6, 6.07) is 7.79. The monoisotopic (exact) mass is 315 g/mol. The summed E-state index contributed by atoms with van der Waals surface area (Å²) in [5.41, 5.74) is 1.47. The number of H-pyrrole nitrogens is 1. The minimum absolute atomic E-state index is 0.0158. The topological polar surface area (TPSA) is 66.6 Å². The van der Waals surface area contributed by atoms with Gasteiger partial charge in [-0.15, -0.1) is 0 Å². The van der Waals surface area contributed by atoms with Gasteiger partial charge in [0, 0.05) is 37.0 Å². The van der Waals surface area contributed by atoms with Gasteiger partial charge in [-0.2, -0.15) is 0 Å². The minimum atomic E-state index is -0.335. The fraction of sp³-hybridized carbons (Fsp3) is 0.471. The number of hydrogen-bond donors (Lipinski definition) is 2. The number of anilines is 1. The quantitative estimate of drug-likeness (QED) is 0.850. The summed E-state index contributed by atoms with van der Waals surface area (Å²) in [7, 11) is 0. The third-order valence-corrected chi connectivity index (χ3v) is 4.57. The number of benzene rings is 1. The van der Waals surface area contributed by atoms with Crippen LogP contribution in [0.25, 0.3) is 10.9 Å². The molecule has 0 saturated carbocycles. The molecule has 2 atom stereocenters. The molecule has 1 spiro atoms. The summed E-state index contributed by atoms with van der Waals surface area (Å²) in [6.07, 6.45) is 2.75. The molecule has 2 aliphatic rings. The van der Waals surface area contributed by atoms with E-state index in [-0.39, 0.29) is 17.7 Å². The van der Waals surface area contributed by atoms with Gasteiger partial charge in [0.1, 0.15) is 5.60 Å². The number of aromatic amines is 1. The number of aromatic nitrogens is 1. The van der Waals surface area contributed by atoms with Gasteiger partial charge in [0.2, 0.25) is 0 Å². The van der Waals surface area contributed by atoms with Crippen LogP contribution in [0.4, 0.5) is 10.5 Å². The zero-order chi connectivity index (χ0) is 15.9. The fourth-order valence-corrected chi connectivity index (χ4v) is 3.51. The van der Waals surface area contributed by atoms with Crippen LogP contribution < -0.4 is 5.32 Å². The maximum absolute atomic E-state index is 12.6. The first-order valence-electron chi connectivity index (χ1n) is 8.02. The highest BCUT2D eigenvalue weighted by molar-refractivity contribution is 5.92. The van der Waals surface area contributed by atoms with Crippen molar-refractivity contribution in [2.75, 3.05) is 31.6 Å². The number of fused-ring (bicyclic) bond motifs is 1. The van der Waals surface area contributed by atoms with Crippen LogP contribution in [0.1, 0.15) is 13.3 Å². The van der Waals surface area contributed by atoms with Gasteiger partial charge >= 0.3 is 6.03 Å². The van der Waals surface area contributed by atoms with E-state index >= 15 is 0 Å². The first-order chi connectivity index (χ1) is 11.1.